The van der Waals surface area contributed by atoms with E-state index in [4.69, 9.17) is 9.47 Å². The number of carbonyl (C=O) groups is 1. The van der Waals surface area contributed by atoms with Gasteiger partial charge in [-0.3, -0.25) is 9.69 Å². The van der Waals surface area contributed by atoms with Crippen LogP contribution in [0.5, 0.6) is 11.5 Å². The number of piperidine rings is 1. The third kappa shape index (κ3) is 2.94. The fourth-order valence-corrected chi connectivity index (χ4v) is 8.31. The van der Waals surface area contributed by atoms with E-state index in [1.54, 1.807) is 13.2 Å². The first-order chi connectivity index (χ1) is 17.7. The van der Waals surface area contributed by atoms with Gasteiger partial charge in [0.1, 0.15) is 11.5 Å². The summed E-state index contributed by atoms with van der Waals surface area (Å²) in [7, 11) is 1.56. The molecule has 0 unspecified atom stereocenters. The molecule has 4 aliphatic carbocycles. The Balaban J connectivity index is 1.34. The first kappa shape index (κ1) is 23.4. The van der Waals surface area contributed by atoms with Crippen LogP contribution in [0.2, 0.25) is 0 Å². The molecule has 1 amide bonds. The van der Waals surface area contributed by atoms with E-state index in [0.29, 0.717) is 43.1 Å². The van der Waals surface area contributed by atoms with Crippen LogP contribution in [0.3, 0.4) is 0 Å². The van der Waals surface area contributed by atoms with Gasteiger partial charge in [-0.15, -0.1) is 0 Å². The highest BCUT2D eigenvalue weighted by Crippen LogP contribution is 2.66. The number of hydrogen-bond donors (Lipinski definition) is 4. The smallest absolute Gasteiger partial charge is 0.251 e. The Bertz CT molecular complexity index is 1230. The van der Waals surface area contributed by atoms with E-state index in [0.717, 1.165) is 37.1 Å². The molecule has 1 aromatic carbocycles. The molecule has 1 spiro atoms. The van der Waals surface area contributed by atoms with Crippen LogP contribution in [0.25, 0.3) is 0 Å². The predicted octanol–water partition coefficient (Wildman–Crippen LogP) is 2.97. The Morgan fingerprint density at radius 2 is 2.00 bits per heavy atom. The minimum atomic E-state index is -1.32. The van der Waals surface area contributed by atoms with Crippen LogP contribution < -0.4 is 10.1 Å². The van der Waals surface area contributed by atoms with Crippen LogP contribution in [0.15, 0.2) is 35.8 Å². The van der Waals surface area contributed by atoms with Gasteiger partial charge in [0.05, 0.1) is 29.2 Å². The second-order valence-electron chi connectivity index (χ2n) is 12.2. The normalized spacial score (nSPS) is 35.1. The first-order valence-electron chi connectivity index (χ1n) is 13.7. The van der Waals surface area contributed by atoms with E-state index in [1.807, 2.05) is 6.07 Å². The average molecular weight is 509 g/mol. The Hall–Kier alpha value is -2.71. The monoisotopic (exact) mass is 508 g/mol. The van der Waals surface area contributed by atoms with Gasteiger partial charge in [-0.1, -0.05) is 25.5 Å². The zero-order chi connectivity index (χ0) is 25.7. The molecule has 3 fully saturated rings. The van der Waals surface area contributed by atoms with E-state index in [1.165, 1.54) is 12.8 Å². The summed E-state index contributed by atoms with van der Waals surface area (Å²) in [5, 5.41) is 38.3. The van der Waals surface area contributed by atoms with Gasteiger partial charge in [-0.05, 0) is 62.6 Å². The number of aliphatic hydroxyl groups is 2. The zero-order valence-electron chi connectivity index (χ0n) is 21.4. The quantitative estimate of drug-likeness (QED) is 0.437. The number of nitrogens with one attached hydrogen (secondary N) is 1. The van der Waals surface area contributed by atoms with Crippen LogP contribution >= 0.6 is 0 Å². The standard InChI is InChI=1S/C29H36N2O6/c1-16(36-2)27(9-3-4-10-27)30-26(34)19-14-29(35)21-13-18-7-8-20(32)24-22(18)28(29,25(37-24)23(19)33)11-12-31(21)15-17-5-6-17/h7-8,17,21,25,32-33,35H,1,3-6,9-15H2,2H3,(H,30,34)/t21-,25+,28+,29-/m1/s1. The van der Waals surface area contributed by atoms with Gasteiger partial charge in [-0.25, -0.2) is 0 Å². The predicted molar refractivity (Wildman–Crippen MR) is 135 cm³/mol. The number of methoxy groups -OCH3 is 1. The third-order valence-electron chi connectivity index (χ3n) is 10.4. The first-order valence-corrected chi connectivity index (χ1v) is 13.7. The number of rotatable bonds is 6. The Morgan fingerprint density at radius 1 is 1.24 bits per heavy atom. The van der Waals surface area contributed by atoms with Gasteiger partial charge in [-0.2, -0.15) is 0 Å². The number of phenolic OH excluding ortho intramolecular Hbond substituents is 1. The zero-order valence-corrected chi connectivity index (χ0v) is 21.4. The molecule has 2 saturated carbocycles. The minimum Gasteiger partial charge on any atom is -0.508 e. The fraction of sp³-hybridized carbons (Fsp3) is 0.621. The van der Waals surface area contributed by atoms with Gasteiger partial charge in [0.25, 0.3) is 5.91 Å². The number of ether oxygens (including phenoxy) is 2. The van der Waals surface area contributed by atoms with Crippen molar-refractivity contribution in [3.63, 3.8) is 0 Å². The fourth-order valence-electron chi connectivity index (χ4n) is 8.31. The van der Waals surface area contributed by atoms with Crippen molar-refractivity contribution in [2.75, 3.05) is 20.2 Å². The summed E-state index contributed by atoms with van der Waals surface area (Å²) in [5.74, 6) is 0.946. The molecule has 4 N–H and O–H groups in total. The highest BCUT2D eigenvalue weighted by molar-refractivity contribution is 5.96. The number of benzene rings is 1. The van der Waals surface area contributed by atoms with E-state index in [9.17, 15) is 20.1 Å². The third-order valence-corrected chi connectivity index (χ3v) is 10.4. The van der Waals surface area contributed by atoms with Crippen molar-refractivity contribution >= 4 is 5.91 Å². The van der Waals surface area contributed by atoms with E-state index in [-0.39, 0.29) is 29.5 Å². The van der Waals surface area contributed by atoms with E-state index in [2.05, 4.69) is 16.8 Å². The van der Waals surface area contributed by atoms with Crippen LogP contribution in [0.4, 0.5) is 0 Å². The molecule has 1 saturated heterocycles. The van der Waals surface area contributed by atoms with Crippen molar-refractivity contribution < 1.29 is 29.6 Å². The Morgan fingerprint density at radius 3 is 2.70 bits per heavy atom. The molecule has 0 aromatic heterocycles. The van der Waals surface area contributed by atoms with Crippen LogP contribution in [-0.4, -0.2) is 69.6 Å². The van der Waals surface area contributed by atoms with Gasteiger partial charge in [0.15, 0.2) is 17.6 Å². The summed E-state index contributed by atoms with van der Waals surface area (Å²) >= 11 is 0. The topological polar surface area (TPSA) is 111 Å². The molecule has 8 heteroatoms. The molecule has 8 nitrogen and oxygen atoms in total. The summed E-state index contributed by atoms with van der Waals surface area (Å²) < 4.78 is 11.8. The second kappa shape index (κ2) is 7.67. The minimum absolute atomic E-state index is 0.00355. The molecule has 2 aliphatic heterocycles. The number of nitrogens with zero attached hydrogens (tertiary/aromatic N) is 1. The molecule has 6 aliphatic rings. The SMILES string of the molecule is C=C(OC)C1(NC(=O)C2=C(O)[C@@H]3Oc4c(O)ccc5c4[C@@]34CCN(CC3CC3)[C@H](C5)[C@]4(O)C2)CCCC1. The van der Waals surface area contributed by atoms with Crippen molar-refractivity contribution in [3.8, 4) is 11.5 Å². The van der Waals surface area contributed by atoms with Crippen molar-refractivity contribution in [3.05, 3.63) is 46.9 Å². The second-order valence-corrected chi connectivity index (χ2v) is 12.2. The van der Waals surface area contributed by atoms with E-state index >= 15 is 0 Å². The van der Waals surface area contributed by atoms with Crippen LogP contribution in [-0.2, 0) is 21.4 Å². The van der Waals surface area contributed by atoms with Gasteiger partial charge in [0.2, 0.25) is 0 Å². The maximum Gasteiger partial charge on any atom is 0.251 e. The summed E-state index contributed by atoms with van der Waals surface area (Å²) in [4.78, 5) is 16.3. The number of aliphatic hydroxyl groups excluding tert-OH is 1. The lowest BCUT2D eigenvalue weighted by atomic mass is 9.49. The summed E-state index contributed by atoms with van der Waals surface area (Å²) in [6.07, 6.45) is 6.06. The lowest BCUT2D eigenvalue weighted by Crippen LogP contribution is -2.76. The molecule has 2 bridgehead atoms. The van der Waals surface area contributed by atoms with Gasteiger partial charge < -0.3 is 30.1 Å². The van der Waals surface area contributed by atoms with Gasteiger partial charge >= 0.3 is 0 Å². The van der Waals surface area contributed by atoms with Crippen molar-refractivity contribution in [1.82, 2.24) is 10.2 Å². The maximum atomic E-state index is 13.9. The molecule has 37 heavy (non-hydrogen) atoms. The number of aromatic hydroxyl groups is 1. The Labute approximate surface area is 216 Å². The number of likely N-dealkylation sites (tertiary alicyclic amines) is 1. The Kier molecular flexibility index (Phi) is 4.85. The van der Waals surface area contributed by atoms with Crippen LogP contribution in [0, 0.1) is 5.92 Å². The maximum absolute atomic E-state index is 13.9. The number of amides is 1. The lowest BCUT2D eigenvalue weighted by molar-refractivity contribution is -0.172. The lowest BCUT2D eigenvalue weighted by Gasteiger charge is -2.62. The molecular formula is C29H36N2O6. The van der Waals surface area contributed by atoms with Crippen molar-refractivity contribution in [2.24, 2.45) is 5.92 Å². The van der Waals surface area contributed by atoms with Crippen LogP contribution in [0.1, 0.15) is 62.5 Å². The highest BCUT2D eigenvalue weighted by Gasteiger charge is 2.73. The number of carbonyl (C=O) groups excluding carboxylic acids is 1. The number of phenols is 1. The molecule has 7 rings (SSSR count). The molecular weight excluding hydrogens is 472 g/mol. The molecule has 0 radical (unpaired) electrons. The molecule has 2 heterocycles. The molecule has 198 valence electrons. The average Bonchev–Trinajstić information content (AvgIpc) is 3.43. The molecule has 4 atom stereocenters. The summed E-state index contributed by atoms with van der Waals surface area (Å²) in [6, 6.07) is 3.36. The van der Waals surface area contributed by atoms with Crippen molar-refractivity contribution in [1.29, 1.82) is 0 Å². The van der Waals surface area contributed by atoms with Gasteiger partial charge in [0, 0.05) is 24.6 Å². The number of hydrogen-bond acceptors (Lipinski definition) is 7. The molecule has 1 aromatic rings. The van der Waals surface area contributed by atoms with Crippen molar-refractivity contribution in [2.45, 2.75) is 86.5 Å². The summed E-state index contributed by atoms with van der Waals surface area (Å²) in [5.41, 5.74) is -0.902. The summed E-state index contributed by atoms with van der Waals surface area (Å²) in [6.45, 7) is 5.77. The largest absolute Gasteiger partial charge is 0.508 e. The van der Waals surface area contributed by atoms with E-state index < -0.39 is 28.6 Å². The highest BCUT2D eigenvalue weighted by atomic mass is 16.5.